The molecule has 0 unspecified atom stereocenters. The summed E-state index contributed by atoms with van der Waals surface area (Å²) in [6.45, 7) is 20.8. The summed E-state index contributed by atoms with van der Waals surface area (Å²) in [7, 11) is -1.91. The molecule has 0 bridgehead atoms. The summed E-state index contributed by atoms with van der Waals surface area (Å²) in [5.74, 6) is 0. The molecular formula is C23H56N2O5S2Si. The van der Waals surface area contributed by atoms with E-state index in [-0.39, 0.29) is 18.3 Å². The number of hydrogen-bond donors (Lipinski definition) is 4. The summed E-state index contributed by atoms with van der Waals surface area (Å²) >= 11 is 7.74. The van der Waals surface area contributed by atoms with E-state index < -0.39 is 19.9 Å². The predicted octanol–water partition coefficient (Wildman–Crippen LogP) is 6.73. The van der Waals surface area contributed by atoms with E-state index in [1.54, 1.807) is 0 Å². The number of aliphatic hydroxyl groups excluding tert-OH is 2. The Morgan fingerprint density at radius 1 is 0.606 bits per heavy atom. The number of nitrogens with two attached hydrogens (primary N) is 2. The Bertz CT molecular complexity index is 340. The van der Waals surface area contributed by atoms with Crippen LogP contribution in [0.3, 0.4) is 0 Å². The fourth-order valence-electron chi connectivity index (χ4n) is 1.62. The summed E-state index contributed by atoms with van der Waals surface area (Å²) < 4.78 is 16.7. The minimum atomic E-state index is -1.91. The van der Waals surface area contributed by atoms with Crippen molar-refractivity contribution in [1.82, 2.24) is 0 Å². The number of thiocarbonyl (C=S) groups is 2. The summed E-state index contributed by atoms with van der Waals surface area (Å²) in [6.07, 6.45) is 11.7. The van der Waals surface area contributed by atoms with Crippen LogP contribution in [-0.4, -0.2) is 48.4 Å². The van der Waals surface area contributed by atoms with Crippen LogP contribution in [0.15, 0.2) is 0 Å². The van der Waals surface area contributed by atoms with Crippen molar-refractivity contribution in [1.29, 1.82) is 0 Å². The highest BCUT2D eigenvalue weighted by Crippen LogP contribution is 2.04. The average molecular weight is 533 g/mol. The third-order valence-electron chi connectivity index (χ3n) is 3.11. The number of unbranched alkanes of at least 4 members (excludes halogenated alkanes) is 6. The number of rotatable bonds is 12. The van der Waals surface area contributed by atoms with E-state index in [4.69, 9.17) is 23.5 Å². The van der Waals surface area contributed by atoms with E-state index in [1.807, 2.05) is 41.5 Å². The topological polar surface area (TPSA) is 120 Å². The molecular weight excluding hydrogens is 476 g/mol. The first-order chi connectivity index (χ1) is 15.2. The third-order valence-corrected chi connectivity index (χ3v) is 5.41. The Morgan fingerprint density at radius 2 is 0.818 bits per heavy atom. The molecule has 0 heterocycles. The van der Waals surface area contributed by atoms with Gasteiger partial charge in [-0.1, -0.05) is 79.1 Å². The molecule has 7 nitrogen and oxygen atoms in total. The lowest BCUT2D eigenvalue weighted by Crippen LogP contribution is -2.34. The first-order valence-electron chi connectivity index (χ1n) is 12.1. The van der Waals surface area contributed by atoms with E-state index in [1.165, 1.54) is 51.4 Å². The largest absolute Gasteiger partial charge is 0.487 e. The van der Waals surface area contributed by atoms with Crippen molar-refractivity contribution in [2.75, 3.05) is 0 Å². The minimum Gasteiger partial charge on any atom is -0.487 e. The molecule has 0 fully saturated rings. The zero-order chi connectivity index (χ0) is 27.2. The van der Waals surface area contributed by atoms with Gasteiger partial charge in [-0.15, -0.1) is 0 Å². The van der Waals surface area contributed by atoms with Crippen molar-refractivity contribution in [2.24, 2.45) is 11.5 Å². The van der Waals surface area contributed by atoms with Crippen LogP contribution in [0.25, 0.3) is 0 Å². The van der Waals surface area contributed by atoms with Crippen LogP contribution in [0.5, 0.6) is 0 Å². The van der Waals surface area contributed by atoms with Crippen LogP contribution >= 0.6 is 24.4 Å². The van der Waals surface area contributed by atoms with E-state index >= 15 is 0 Å². The SMILES string of the molecule is CC(C)O[SiH](OC(C)C)OC(C)C.CCCC.CCCCCCCC.NC(O)=S.NC(O)=S. The van der Waals surface area contributed by atoms with Gasteiger partial charge in [-0.2, -0.15) is 0 Å². The Kier molecular flexibility index (Phi) is 46.6. The molecule has 0 aromatic carbocycles. The van der Waals surface area contributed by atoms with Crippen LogP contribution in [0.4, 0.5) is 0 Å². The van der Waals surface area contributed by atoms with Gasteiger partial charge in [0, 0.05) is 18.3 Å². The lowest BCUT2D eigenvalue weighted by Gasteiger charge is -2.22. The van der Waals surface area contributed by atoms with Crippen LogP contribution < -0.4 is 11.5 Å². The zero-order valence-corrected chi connectivity index (χ0v) is 25.8. The van der Waals surface area contributed by atoms with Gasteiger partial charge in [0.05, 0.1) is 0 Å². The Hall–Kier alpha value is -0.523. The van der Waals surface area contributed by atoms with Crippen molar-refractivity contribution in [2.45, 2.75) is 139 Å². The molecule has 0 spiro atoms. The van der Waals surface area contributed by atoms with E-state index in [9.17, 15) is 0 Å². The van der Waals surface area contributed by atoms with Gasteiger partial charge >= 0.3 is 9.53 Å². The van der Waals surface area contributed by atoms with Crippen LogP contribution in [0.1, 0.15) is 121 Å². The monoisotopic (exact) mass is 532 g/mol. The lowest BCUT2D eigenvalue weighted by molar-refractivity contribution is 0.0335. The van der Waals surface area contributed by atoms with Gasteiger partial charge in [0.15, 0.2) is 0 Å². The molecule has 0 rings (SSSR count). The molecule has 10 heteroatoms. The maximum Gasteiger partial charge on any atom is 0.484 e. The molecule has 0 saturated heterocycles. The van der Waals surface area contributed by atoms with Crippen molar-refractivity contribution < 1.29 is 23.5 Å². The lowest BCUT2D eigenvalue weighted by atomic mass is 10.1. The highest BCUT2D eigenvalue weighted by Gasteiger charge is 2.20. The molecule has 0 aliphatic carbocycles. The first-order valence-corrected chi connectivity index (χ1v) is 14.4. The maximum absolute atomic E-state index is 7.56. The molecule has 0 aromatic heterocycles. The average Bonchev–Trinajstić information content (AvgIpc) is 2.63. The highest BCUT2D eigenvalue weighted by atomic mass is 32.1. The Morgan fingerprint density at radius 3 is 0.939 bits per heavy atom. The quantitative estimate of drug-likeness (QED) is 0.123. The molecule has 0 aromatic rings. The summed E-state index contributed by atoms with van der Waals surface area (Å²) in [5, 5.41) is 14.1. The van der Waals surface area contributed by atoms with Crippen molar-refractivity contribution in [3.63, 3.8) is 0 Å². The molecule has 0 aliphatic heterocycles. The molecule has 33 heavy (non-hydrogen) atoms. The molecule has 0 saturated carbocycles. The fourth-order valence-corrected chi connectivity index (χ4v) is 3.14. The normalized spacial score (nSPS) is 9.64. The molecule has 0 amide bonds. The minimum absolute atomic E-state index is 0.175. The second-order valence-electron chi connectivity index (χ2n) is 7.93. The van der Waals surface area contributed by atoms with Crippen LogP contribution in [0.2, 0.25) is 0 Å². The second-order valence-corrected chi connectivity index (χ2v) is 10.2. The summed E-state index contributed by atoms with van der Waals surface area (Å²) in [5.41, 5.74) is 8.80. The van der Waals surface area contributed by atoms with Gasteiger partial charge in [0.1, 0.15) is 0 Å². The van der Waals surface area contributed by atoms with Crippen LogP contribution in [-0.2, 0) is 13.3 Å². The molecule has 6 N–H and O–H groups in total. The Balaban J connectivity index is -0.000000111. The fraction of sp³-hybridized carbons (Fsp3) is 0.913. The van der Waals surface area contributed by atoms with Gasteiger partial charge in [0.2, 0.25) is 0 Å². The van der Waals surface area contributed by atoms with Gasteiger partial charge in [-0.25, -0.2) is 0 Å². The first kappa shape index (κ1) is 42.6. The number of hydrogen-bond acceptors (Lipinski definition) is 5. The summed E-state index contributed by atoms with van der Waals surface area (Å²) in [6, 6.07) is 0. The smallest absolute Gasteiger partial charge is 0.484 e. The standard InChI is InChI=1S/C9H22O3Si.C8H18.C4H10.2CH3NOS/c1-7(2)10-13(11-8(3)4)12-9(5)6;1-3-5-7-8-6-4-2;1-3-4-2;2*2-1(3)4/h7-9,13H,1-6H3;3-8H2,1-2H3;3-4H2,1-2H3;2*(H3,2,3,4). The van der Waals surface area contributed by atoms with Gasteiger partial charge < -0.3 is 35.0 Å². The second kappa shape index (κ2) is 36.1. The van der Waals surface area contributed by atoms with Gasteiger partial charge in [-0.3, -0.25) is 0 Å². The molecule has 0 aliphatic rings. The van der Waals surface area contributed by atoms with Crippen LogP contribution in [0, 0.1) is 0 Å². The van der Waals surface area contributed by atoms with E-state index in [0.717, 1.165) is 0 Å². The number of aliphatic hydroxyl groups is 2. The zero-order valence-electron chi connectivity index (χ0n) is 23.1. The summed E-state index contributed by atoms with van der Waals surface area (Å²) in [4.78, 5) is 0. The molecule has 0 atom stereocenters. The van der Waals surface area contributed by atoms with Crippen molar-refractivity contribution in [3.8, 4) is 0 Å². The third kappa shape index (κ3) is 89.5. The maximum atomic E-state index is 7.56. The van der Waals surface area contributed by atoms with E-state index in [2.05, 4.69) is 63.6 Å². The van der Waals surface area contributed by atoms with Crippen molar-refractivity contribution >= 4 is 44.3 Å². The molecule has 0 radical (unpaired) electrons. The van der Waals surface area contributed by atoms with E-state index in [0.29, 0.717) is 0 Å². The predicted molar refractivity (Wildman–Crippen MR) is 154 cm³/mol. The van der Waals surface area contributed by atoms with Gasteiger partial charge in [-0.05, 0) is 66.0 Å². The highest BCUT2D eigenvalue weighted by molar-refractivity contribution is 7.80. The van der Waals surface area contributed by atoms with Crippen molar-refractivity contribution in [3.05, 3.63) is 0 Å². The Labute approximate surface area is 217 Å². The van der Waals surface area contributed by atoms with Gasteiger partial charge in [0.25, 0.3) is 10.3 Å². The molecule has 204 valence electrons.